The summed E-state index contributed by atoms with van der Waals surface area (Å²) in [6.45, 7) is 0.846. The topological polar surface area (TPSA) is 97.1 Å². The van der Waals surface area contributed by atoms with Crippen molar-refractivity contribution in [1.82, 2.24) is 14.9 Å². The Morgan fingerprint density at radius 2 is 2.32 bits per heavy atom. The molecule has 0 spiro atoms. The van der Waals surface area contributed by atoms with Crippen molar-refractivity contribution in [3.05, 3.63) is 36.0 Å². The minimum absolute atomic E-state index is 0.00332. The molecule has 100 valence electrons. The summed E-state index contributed by atoms with van der Waals surface area (Å²) in [7, 11) is -3.57. The van der Waals surface area contributed by atoms with Crippen LogP contribution in [-0.4, -0.2) is 25.1 Å². The van der Waals surface area contributed by atoms with Gasteiger partial charge >= 0.3 is 0 Å². The Bertz CT molecular complexity index is 682. The Hall–Kier alpha value is -1.93. The molecule has 2 heterocycles. The highest BCUT2D eigenvalue weighted by atomic mass is 32.2. The zero-order valence-electron chi connectivity index (χ0n) is 9.96. The fourth-order valence-electron chi connectivity index (χ4n) is 1.95. The summed E-state index contributed by atoms with van der Waals surface area (Å²) in [6, 6.07) is 5.07. The number of fused-ring (bicyclic) bond motifs is 1. The Morgan fingerprint density at radius 3 is 3.11 bits per heavy atom. The van der Waals surface area contributed by atoms with Crippen LogP contribution in [0.25, 0.3) is 0 Å². The third-order valence-corrected chi connectivity index (χ3v) is 4.33. The number of benzene rings is 1. The number of nitrogens with zero attached hydrogens (tertiary/aromatic N) is 2. The smallest absolute Gasteiger partial charge is 0.241 e. The molecular formula is C11H12N4O3S. The molecule has 2 N–H and O–H groups in total. The van der Waals surface area contributed by atoms with E-state index in [2.05, 4.69) is 24.7 Å². The van der Waals surface area contributed by atoms with Crippen LogP contribution < -0.4 is 10.0 Å². The van der Waals surface area contributed by atoms with Crippen LogP contribution in [0.4, 0.5) is 5.69 Å². The fraction of sp³-hybridized carbons (Fsp3) is 0.273. The van der Waals surface area contributed by atoms with Crippen molar-refractivity contribution in [3.63, 3.8) is 0 Å². The lowest BCUT2D eigenvalue weighted by molar-refractivity contribution is 0.409. The van der Waals surface area contributed by atoms with E-state index in [0.717, 1.165) is 30.6 Å². The van der Waals surface area contributed by atoms with E-state index in [1.165, 1.54) is 0 Å². The molecule has 0 aliphatic carbocycles. The highest BCUT2D eigenvalue weighted by Gasteiger charge is 2.18. The first kappa shape index (κ1) is 12.1. The summed E-state index contributed by atoms with van der Waals surface area (Å²) >= 11 is 0. The molecule has 0 saturated heterocycles. The second-order valence-corrected chi connectivity index (χ2v) is 5.93. The van der Waals surface area contributed by atoms with Crippen molar-refractivity contribution in [2.24, 2.45) is 0 Å². The molecule has 8 heteroatoms. The van der Waals surface area contributed by atoms with Gasteiger partial charge in [-0.25, -0.2) is 13.1 Å². The first-order valence-corrected chi connectivity index (χ1v) is 7.25. The molecule has 0 unspecified atom stereocenters. The van der Waals surface area contributed by atoms with Crippen LogP contribution in [0.3, 0.4) is 0 Å². The average Bonchev–Trinajstić information content (AvgIpc) is 3.06. The number of aromatic nitrogens is 2. The number of sulfonamides is 1. The fourth-order valence-corrected chi connectivity index (χ4v) is 2.96. The number of anilines is 1. The van der Waals surface area contributed by atoms with Crippen molar-refractivity contribution >= 4 is 15.7 Å². The van der Waals surface area contributed by atoms with E-state index in [4.69, 9.17) is 0 Å². The largest absolute Gasteiger partial charge is 0.384 e. The van der Waals surface area contributed by atoms with Crippen molar-refractivity contribution in [2.45, 2.75) is 17.9 Å². The predicted molar refractivity (Wildman–Crippen MR) is 67.0 cm³/mol. The van der Waals surface area contributed by atoms with Crippen LogP contribution in [0.5, 0.6) is 0 Å². The summed E-state index contributed by atoms with van der Waals surface area (Å²) in [5.41, 5.74) is 2.01. The highest BCUT2D eigenvalue weighted by Crippen LogP contribution is 2.25. The molecule has 1 aliphatic rings. The predicted octanol–water partition coefficient (Wildman–Crippen LogP) is 0.516. The van der Waals surface area contributed by atoms with Crippen LogP contribution in [0, 0.1) is 0 Å². The van der Waals surface area contributed by atoms with E-state index in [-0.39, 0.29) is 11.4 Å². The lowest BCUT2D eigenvalue weighted by Crippen LogP contribution is -2.23. The SMILES string of the molecule is O=S(=O)(NCc1ncon1)c1ccc2c(c1)NCC2. The number of hydrogen-bond donors (Lipinski definition) is 2. The van der Waals surface area contributed by atoms with Crippen LogP contribution >= 0.6 is 0 Å². The van der Waals surface area contributed by atoms with Gasteiger partial charge in [-0.15, -0.1) is 0 Å². The monoisotopic (exact) mass is 280 g/mol. The Kier molecular flexibility index (Phi) is 2.96. The van der Waals surface area contributed by atoms with Crippen LogP contribution in [0.2, 0.25) is 0 Å². The standard InChI is InChI=1S/C11H12N4O3S/c16-19(17,14-6-11-13-7-18-15-11)9-2-1-8-3-4-12-10(8)5-9/h1-2,5,7,12,14H,3-4,6H2. The molecule has 1 aliphatic heterocycles. The molecule has 1 aromatic carbocycles. The summed E-state index contributed by atoms with van der Waals surface area (Å²) in [6.07, 6.45) is 2.08. The second kappa shape index (κ2) is 4.63. The highest BCUT2D eigenvalue weighted by molar-refractivity contribution is 7.89. The maximum Gasteiger partial charge on any atom is 0.241 e. The normalized spacial score (nSPS) is 14.1. The lowest BCUT2D eigenvalue weighted by Gasteiger charge is -2.07. The summed E-state index contributed by atoms with van der Waals surface area (Å²) in [5.74, 6) is 0.294. The quantitative estimate of drug-likeness (QED) is 0.847. The maximum atomic E-state index is 12.1. The molecule has 0 fully saturated rings. The number of hydrogen-bond acceptors (Lipinski definition) is 6. The van der Waals surface area contributed by atoms with Crippen LogP contribution in [-0.2, 0) is 23.0 Å². The van der Waals surface area contributed by atoms with E-state index >= 15 is 0 Å². The zero-order chi connectivity index (χ0) is 13.3. The third kappa shape index (κ3) is 2.45. The van der Waals surface area contributed by atoms with Crippen molar-refractivity contribution in [3.8, 4) is 0 Å². The molecule has 3 rings (SSSR count). The minimum atomic E-state index is -3.57. The van der Waals surface area contributed by atoms with Crippen LogP contribution in [0.1, 0.15) is 11.4 Å². The zero-order valence-corrected chi connectivity index (χ0v) is 10.8. The van der Waals surface area contributed by atoms with Gasteiger partial charge in [0, 0.05) is 12.2 Å². The summed E-state index contributed by atoms with van der Waals surface area (Å²) in [5, 5.41) is 6.70. The second-order valence-electron chi connectivity index (χ2n) is 4.17. The summed E-state index contributed by atoms with van der Waals surface area (Å²) in [4.78, 5) is 3.98. The molecule has 0 bridgehead atoms. The number of rotatable bonds is 4. The van der Waals surface area contributed by atoms with Gasteiger partial charge in [0.15, 0.2) is 5.82 Å². The third-order valence-electron chi connectivity index (χ3n) is 2.93. The van der Waals surface area contributed by atoms with E-state index in [1.807, 2.05) is 6.07 Å². The van der Waals surface area contributed by atoms with Gasteiger partial charge in [0.25, 0.3) is 0 Å². The van der Waals surface area contributed by atoms with Crippen molar-refractivity contribution in [1.29, 1.82) is 0 Å². The molecule has 0 radical (unpaired) electrons. The molecule has 0 atom stereocenters. The minimum Gasteiger partial charge on any atom is -0.384 e. The molecular weight excluding hydrogens is 268 g/mol. The molecule has 2 aromatic rings. The molecule has 0 amide bonds. The van der Waals surface area contributed by atoms with E-state index in [1.54, 1.807) is 12.1 Å². The van der Waals surface area contributed by atoms with Gasteiger partial charge in [0.1, 0.15) is 0 Å². The van der Waals surface area contributed by atoms with Gasteiger partial charge in [-0.2, -0.15) is 4.98 Å². The van der Waals surface area contributed by atoms with Gasteiger partial charge < -0.3 is 9.84 Å². The number of nitrogens with one attached hydrogen (secondary N) is 2. The molecule has 7 nitrogen and oxygen atoms in total. The summed E-state index contributed by atoms with van der Waals surface area (Å²) < 4.78 is 31.2. The van der Waals surface area contributed by atoms with Gasteiger partial charge in [0.2, 0.25) is 16.4 Å². The van der Waals surface area contributed by atoms with Crippen molar-refractivity contribution < 1.29 is 12.9 Å². The van der Waals surface area contributed by atoms with Gasteiger partial charge in [-0.05, 0) is 24.1 Å². The van der Waals surface area contributed by atoms with Crippen LogP contribution in [0.15, 0.2) is 34.0 Å². The average molecular weight is 280 g/mol. The molecule has 0 saturated carbocycles. The van der Waals surface area contributed by atoms with Gasteiger partial charge in [-0.3, -0.25) is 0 Å². The first-order valence-electron chi connectivity index (χ1n) is 5.77. The lowest BCUT2D eigenvalue weighted by atomic mass is 10.2. The first-order chi connectivity index (χ1) is 9.15. The molecule has 19 heavy (non-hydrogen) atoms. The van der Waals surface area contributed by atoms with E-state index in [0.29, 0.717) is 5.82 Å². The van der Waals surface area contributed by atoms with Gasteiger partial charge in [0.05, 0.1) is 11.4 Å². The Labute approximate surface area is 110 Å². The Morgan fingerprint density at radius 1 is 1.42 bits per heavy atom. The van der Waals surface area contributed by atoms with E-state index in [9.17, 15) is 8.42 Å². The Balaban J connectivity index is 1.80. The van der Waals surface area contributed by atoms with Gasteiger partial charge in [-0.1, -0.05) is 11.2 Å². The maximum absolute atomic E-state index is 12.1. The molecule has 1 aromatic heterocycles. The van der Waals surface area contributed by atoms with Crippen molar-refractivity contribution in [2.75, 3.05) is 11.9 Å². The van der Waals surface area contributed by atoms with E-state index < -0.39 is 10.0 Å².